The minimum Gasteiger partial charge on any atom is -0.366 e. The van der Waals surface area contributed by atoms with Crippen molar-refractivity contribution in [2.45, 2.75) is 4.90 Å². The Kier molecular flexibility index (Phi) is 5.25. The van der Waals surface area contributed by atoms with Gasteiger partial charge in [-0.05, 0) is 30.3 Å². The van der Waals surface area contributed by atoms with Crippen molar-refractivity contribution in [2.24, 2.45) is 5.73 Å². The van der Waals surface area contributed by atoms with Crippen molar-refractivity contribution < 1.29 is 9.59 Å². The third kappa shape index (κ3) is 4.51. The molecule has 0 aliphatic heterocycles. The average molecular weight is 321 g/mol. The number of nitrogens with two attached hydrogens (primary N) is 1. The lowest BCUT2D eigenvalue weighted by molar-refractivity contribution is -0.113. The number of carbonyl (C=O) groups is 2. The van der Waals surface area contributed by atoms with Gasteiger partial charge in [0, 0.05) is 16.1 Å². The number of benzene rings is 2. The SMILES string of the molecule is NC(=O)c1cccc(NC(=O)CSc2ccccc2Cl)c1. The molecule has 0 aliphatic carbocycles. The summed E-state index contributed by atoms with van der Waals surface area (Å²) in [5.74, 6) is -0.483. The van der Waals surface area contributed by atoms with Crippen LogP contribution in [0.2, 0.25) is 5.02 Å². The number of primary amides is 1. The van der Waals surface area contributed by atoms with E-state index in [-0.39, 0.29) is 11.7 Å². The highest BCUT2D eigenvalue weighted by atomic mass is 35.5. The summed E-state index contributed by atoms with van der Waals surface area (Å²) in [5, 5.41) is 3.33. The van der Waals surface area contributed by atoms with Gasteiger partial charge in [0.1, 0.15) is 0 Å². The van der Waals surface area contributed by atoms with Gasteiger partial charge < -0.3 is 11.1 Å². The van der Waals surface area contributed by atoms with Crippen molar-refractivity contribution in [1.82, 2.24) is 0 Å². The zero-order chi connectivity index (χ0) is 15.2. The fraction of sp³-hybridized carbons (Fsp3) is 0.0667. The van der Waals surface area contributed by atoms with Gasteiger partial charge in [0.25, 0.3) is 0 Å². The minimum absolute atomic E-state index is 0.179. The summed E-state index contributed by atoms with van der Waals surface area (Å²) >= 11 is 7.37. The Morgan fingerprint density at radius 1 is 1.14 bits per heavy atom. The number of rotatable bonds is 5. The van der Waals surface area contributed by atoms with Gasteiger partial charge in [0.05, 0.1) is 10.8 Å². The second-order valence-electron chi connectivity index (χ2n) is 4.21. The Bertz CT molecular complexity index is 676. The van der Waals surface area contributed by atoms with Crippen molar-refractivity contribution in [1.29, 1.82) is 0 Å². The first kappa shape index (κ1) is 15.4. The zero-order valence-corrected chi connectivity index (χ0v) is 12.6. The highest BCUT2D eigenvalue weighted by Crippen LogP contribution is 2.26. The molecule has 0 spiro atoms. The van der Waals surface area contributed by atoms with Gasteiger partial charge in [-0.15, -0.1) is 11.8 Å². The van der Waals surface area contributed by atoms with Crippen LogP contribution in [0.1, 0.15) is 10.4 Å². The first-order valence-corrected chi connectivity index (χ1v) is 7.49. The average Bonchev–Trinajstić information content (AvgIpc) is 2.46. The highest BCUT2D eigenvalue weighted by Gasteiger charge is 2.07. The third-order valence-corrected chi connectivity index (χ3v) is 4.14. The molecule has 2 aromatic carbocycles. The number of anilines is 1. The van der Waals surface area contributed by atoms with Crippen molar-refractivity contribution in [3.63, 3.8) is 0 Å². The molecule has 0 atom stereocenters. The van der Waals surface area contributed by atoms with E-state index in [0.29, 0.717) is 16.3 Å². The Morgan fingerprint density at radius 3 is 2.62 bits per heavy atom. The van der Waals surface area contributed by atoms with Gasteiger partial charge in [-0.25, -0.2) is 0 Å². The predicted molar refractivity (Wildman–Crippen MR) is 85.8 cm³/mol. The molecule has 2 amide bonds. The maximum absolute atomic E-state index is 11.9. The molecule has 0 radical (unpaired) electrons. The Hall–Kier alpha value is -1.98. The van der Waals surface area contributed by atoms with Gasteiger partial charge in [0.15, 0.2) is 0 Å². The van der Waals surface area contributed by atoms with Crippen LogP contribution >= 0.6 is 23.4 Å². The summed E-state index contributed by atoms with van der Waals surface area (Å²) in [6.07, 6.45) is 0. The van der Waals surface area contributed by atoms with Gasteiger partial charge in [-0.2, -0.15) is 0 Å². The Balaban J connectivity index is 1.95. The summed E-state index contributed by atoms with van der Waals surface area (Å²) < 4.78 is 0. The summed E-state index contributed by atoms with van der Waals surface area (Å²) in [4.78, 5) is 23.8. The molecule has 0 fully saturated rings. The van der Waals surface area contributed by atoms with Crippen LogP contribution in [0.15, 0.2) is 53.4 Å². The van der Waals surface area contributed by atoms with E-state index >= 15 is 0 Å². The smallest absolute Gasteiger partial charge is 0.248 e. The topological polar surface area (TPSA) is 72.2 Å². The first-order valence-electron chi connectivity index (χ1n) is 6.13. The lowest BCUT2D eigenvalue weighted by Gasteiger charge is -2.07. The van der Waals surface area contributed by atoms with E-state index < -0.39 is 5.91 Å². The summed E-state index contributed by atoms with van der Waals surface area (Å²) in [6, 6.07) is 13.8. The number of hydrogen-bond donors (Lipinski definition) is 2. The van der Waals surface area contributed by atoms with Crippen molar-refractivity contribution in [3.8, 4) is 0 Å². The van der Waals surface area contributed by atoms with Gasteiger partial charge in [0.2, 0.25) is 11.8 Å². The molecule has 108 valence electrons. The normalized spacial score (nSPS) is 10.1. The second kappa shape index (κ2) is 7.15. The number of thioether (sulfide) groups is 1. The third-order valence-electron chi connectivity index (χ3n) is 2.63. The number of amides is 2. The molecule has 3 N–H and O–H groups in total. The van der Waals surface area contributed by atoms with Gasteiger partial charge in [-0.3, -0.25) is 9.59 Å². The number of carbonyl (C=O) groups excluding carboxylic acids is 2. The molecule has 0 bridgehead atoms. The molecule has 6 heteroatoms. The molecule has 0 unspecified atom stereocenters. The van der Waals surface area contributed by atoms with Crippen molar-refractivity contribution in [2.75, 3.05) is 11.1 Å². The molecule has 0 aliphatic rings. The Morgan fingerprint density at radius 2 is 1.90 bits per heavy atom. The molecule has 0 aromatic heterocycles. The van der Waals surface area contributed by atoms with Gasteiger partial charge in [-0.1, -0.05) is 29.8 Å². The lowest BCUT2D eigenvalue weighted by atomic mass is 10.2. The van der Waals surface area contributed by atoms with Crippen LogP contribution in [0.4, 0.5) is 5.69 Å². The van der Waals surface area contributed by atoms with E-state index in [0.717, 1.165) is 4.90 Å². The molecule has 0 heterocycles. The second-order valence-corrected chi connectivity index (χ2v) is 5.64. The first-order chi connectivity index (χ1) is 10.1. The predicted octanol–water partition coefficient (Wildman–Crippen LogP) is 3.17. The van der Waals surface area contributed by atoms with E-state index in [9.17, 15) is 9.59 Å². The maximum atomic E-state index is 11.9. The summed E-state index contributed by atoms with van der Waals surface area (Å²) in [5.41, 5.74) is 6.09. The maximum Gasteiger partial charge on any atom is 0.248 e. The molecule has 21 heavy (non-hydrogen) atoms. The number of nitrogens with one attached hydrogen (secondary N) is 1. The van der Waals surface area contributed by atoms with Crippen LogP contribution in [0, 0.1) is 0 Å². The fourth-order valence-corrected chi connectivity index (χ4v) is 2.69. The van der Waals surface area contributed by atoms with Crippen LogP contribution in [0.25, 0.3) is 0 Å². The molecule has 4 nitrogen and oxygen atoms in total. The lowest BCUT2D eigenvalue weighted by Crippen LogP contribution is -2.15. The van der Waals surface area contributed by atoms with Crippen LogP contribution in [-0.2, 0) is 4.79 Å². The van der Waals surface area contributed by atoms with Crippen molar-refractivity contribution >= 4 is 40.9 Å². The fourth-order valence-electron chi connectivity index (χ4n) is 1.65. The largest absolute Gasteiger partial charge is 0.366 e. The number of halogens is 1. The quantitative estimate of drug-likeness (QED) is 0.831. The molecule has 0 saturated heterocycles. The van der Waals surface area contributed by atoms with Crippen LogP contribution in [0.5, 0.6) is 0 Å². The molecular formula is C15H13ClN2O2S. The standard InChI is InChI=1S/C15H13ClN2O2S/c16-12-6-1-2-7-13(12)21-9-14(19)18-11-5-3-4-10(8-11)15(17)20/h1-8H,9H2,(H2,17,20)(H,18,19). The van der Waals surface area contributed by atoms with Gasteiger partial charge >= 0.3 is 0 Å². The Labute approximate surface area is 131 Å². The van der Waals surface area contributed by atoms with Crippen molar-refractivity contribution in [3.05, 3.63) is 59.1 Å². The van der Waals surface area contributed by atoms with Crippen LogP contribution < -0.4 is 11.1 Å². The van der Waals surface area contributed by atoms with E-state index in [1.54, 1.807) is 30.3 Å². The van der Waals surface area contributed by atoms with Crippen LogP contribution in [-0.4, -0.2) is 17.6 Å². The minimum atomic E-state index is -0.531. The summed E-state index contributed by atoms with van der Waals surface area (Å²) in [6.45, 7) is 0. The molecular weight excluding hydrogens is 308 g/mol. The summed E-state index contributed by atoms with van der Waals surface area (Å²) in [7, 11) is 0. The highest BCUT2D eigenvalue weighted by molar-refractivity contribution is 8.00. The van der Waals surface area contributed by atoms with E-state index in [2.05, 4.69) is 5.32 Å². The van der Waals surface area contributed by atoms with E-state index in [1.165, 1.54) is 11.8 Å². The van der Waals surface area contributed by atoms with E-state index in [1.807, 2.05) is 18.2 Å². The van der Waals surface area contributed by atoms with E-state index in [4.69, 9.17) is 17.3 Å². The zero-order valence-electron chi connectivity index (χ0n) is 11.0. The molecule has 0 saturated carbocycles. The molecule has 2 rings (SSSR count). The monoisotopic (exact) mass is 320 g/mol. The molecule has 2 aromatic rings. The number of hydrogen-bond acceptors (Lipinski definition) is 3. The van der Waals surface area contributed by atoms with Crippen LogP contribution in [0.3, 0.4) is 0 Å².